The molecular formula is C8H17NO4. The van der Waals surface area contributed by atoms with E-state index in [0.717, 1.165) is 0 Å². The Morgan fingerprint density at radius 2 is 2.15 bits per heavy atom. The lowest BCUT2D eigenvalue weighted by atomic mass is 9.97. The Balaban J connectivity index is 3.30. The zero-order chi connectivity index (χ0) is 10.3. The van der Waals surface area contributed by atoms with E-state index in [-0.39, 0.29) is 25.0 Å². The maximum atomic E-state index is 10.1. The Labute approximate surface area is 77.7 Å². The maximum absolute atomic E-state index is 10.1. The minimum Gasteiger partial charge on any atom is -0.481 e. The van der Waals surface area contributed by atoms with Crippen LogP contribution >= 0.6 is 0 Å². The fourth-order valence-corrected chi connectivity index (χ4v) is 0.522. The average molecular weight is 191 g/mol. The molecule has 0 aliphatic rings. The molecule has 0 aliphatic heterocycles. The first-order valence-electron chi connectivity index (χ1n) is 4.15. The van der Waals surface area contributed by atoms with E-state index in [1.807, 2.05) is 13.8 Å². The molecule has 0 aliphatic carbocycles. The Morgan fingerprint density at radius 1 is 1.54 bits per heavy atom. The standard InChI is InChI=1S/C8H17NO4/c1-8(2,5-10)6-13-9-4-3-7(11)12/h9-10H,3-6H2,1-2H3,(H,11,12). The summed E-state index contributed by atoms with van der Waals surface area (Å²) in [6, 6.07) is 0. The van der Waals surface area contributed by atoms with Crippen molar-refractivity contribution in [3.8, 4) is 0 Å². The molecule has 0 aromatic heterocycles. The van der Waals surface area contributed by atoms with Crippen molar-refractivity contribution in [3.63, 3.8) is 0 Å². The number of hydrogen-bond acceptors (Lipinski definition) is 4. The SMILES string of the molecule is CC(C)(CO)CONCCC(=O)O. The summed E-state index contributed by atoms with van der Waals surface area (Å²) in [6.07, 6.45) is 0.0273. The van der Waals surface area contributed by atoms with Crippen LogP contribution in [0, 0.1) is 5.41 Å². The predicted molar refractivity (Wildman–Crippen MR) is 47.1 cm³/mol. The fraction of sp³-hybridized carbons (Fsp3) is 0.875. The van der Waals surface area contributed by atoms with Gasteiger partial charge in [0.1, 0.15) is 0 Å². The number of rotatable bonds is 7. The molecule has 0 spiro atoms. The van der Waals surface area contributed by atoms with E-state index in [2.05, 4.69) is 5.48 Å². The molecule has 0 aromatic rings. The highest BCUT2D eigenvalue weighted by molar-refractivity contribution is 5.66. The summed E-state index contributed by atoms with van der Waals surface area (Å²) in [5, 5.41) is 17.1. The zero-order valence-corrected chi connectivity index (χ0v) is 8.04. The molecule has 0 bridgehead atoms. The van der Waals surface area contributed by atoms with Crippen LogP contribution in [0.5, 0.6) is 0 Å². The van der Waals surface area contributed by atoms with Crippen LogP contribution in [0.3, 0.4) is 0 Å². The van der Waals surface area contributed by atoms with Gasteiger partial charge in [-0.2, -0.15) is 0 Å². The molecule has 0 amide bonds. The first kappa shape index (κ1) is 12.3. The summed E-state index contributed by atoms with van der Waals surface area (Å²) < 4.78 is 0. The van der Waals surface area contributed by atoms with E-state index < -0.39 is 5.97 Å². The van der Waals surface area contributed by atoms with Gasteiger partial charge in [-0.25, -0.2) is 5.48 Å². The van der Waals surface area contributed by atoms with Crippen molar-refractivity contribution in [2.75, 3.05) is 19.8 Å². The smallest absolute Gasteiger partial charge is 0.304 e. The van der Waals surface area contributed by atoms with Crippen LogP contribution in [0.25, 0.3) is 0 Å². The molecule has 0 fully saturated rings. The van der Waals surface area contributed by atoms with E-state index in [4.69, 9.17) is 15.1 Å². The van der Waals surface area contributed by atoms with Crippen LogP contribution in [-0.4, -0.2) is 35.9 Å². The molecule has 13 heavy (non-hydrogen) atoms. The van der Waals surface area contributed by atoms with E-state index in [9.17, 15) is 4.79 Å². The van der Waals surface area contributed by atoms with Crippen molar-refractivity contribution in [1.29, 1.82) is 0 Å². The molecular weight excluding hydrogens is 174 g/mol. The van der Waals surface area contributed by atoms with Gasteiger partial charge < -0.3 is 15.1 Å². The molecule has 3 N–H and O–H groups in total. The lowest BCUT2D eigenvalue weighted by Gasteiger charge is -2.20. The monoisotopic (exact) mass is 191 g/mol. The maximum Gasteiger partial charge on any atom is 0.304 e. The van der Waals surface area contributed by atoms with Gasteiger partial charge in [0.25, 0.3) is 0 Å². The average Bonchev–Trinajstić information content (AvgIpc) is 2.03. The molecule has 0 rings (SSSR count). The lowest BCUT2D eigenvalue weighted by Crippen LogP contribution is -2.29. The Morgan fingerprint density at radius 3 is 2.62 bits per heavy atom. The molecule has 0 saturated heterocycles. The van der Waals surface area contributed by atoms with Crippen LogP contribution in [0.1, 0.15) is 20.3 Å². The number of carboxylic acids is 1. The summed E-state index contributed by atoms with van der Waals surface area (Å²) in [4.78, 5) is 15.0. The molecule has 0 unspecified atom stereocenters. The molecule has 0 radical (unpaired) electrons. The summed E-state index contributed by atoms with van der Waals surface area (Å²) in [6.45, 7) is 4.37. The number of hydrogen-bond donors (Lipinski definition) is 3. The highest BCUT2D eigenvalue weighted by Gasteiger charge is 2.16. The molecule has 5 heteroatoms. The third kappa shape index (κ3) is 7.70. The van der Waals surface area contributed by atoms with Crippen molar-refractivity contribution in [1.82, 2.24) is 5.48 Å². The van der Waals surface area contributed by atoms with Gasteiger partial charge in [-0.15, -0.1) is 0 Å². The third-order valence-corrected chi connectivity index (χ3v) is 1.43. The second-order valence-electron chi connectivity index (χ2n) is 3.65. The van der Waals surface area contributed by atoms with Gasteiger partial charge in [0.2, 0.25) is 0 Å². The highest BCUT2D eigenvalue weighted by atomic mass is 16.6. The van der Waals surface area contributed by atoms with Crippen molar-refractivity contribution >= 4 is 5.97 Å². The molecule has 5 nitrogen and oxygen atoms in total. The van der Waals surface area contributed by atoms with Gasteiger partial charge in [0.15, 0.2) is 0 Å². The minimum absolute atomic E-state index is 0.0273. The third-order valence-electron chi connectivity index (χ3n) is 1.43. The largest absolute Gasteiger partial charge is 0.481 e. The van der Waals surface area contributed by atoms with Crippen molar-refractivity contribution in [2.24, 2.45) is 5.41 Å². The molecule has 0 aromatic carbocycles. The summed E-state index contributed by atoms with van der Waals surface area (Å²) >= 11 is 0. The van der Waals surface area contributed by atoms with Gasteiger partial charge in [-0.3, -0.25) is 4.79 Å². The van der Waals surface area contributed by atoms with Crippen LogP contribution in [-0.2, 0) is 9.63 Å². The molecule has 0 atom stereocenters. The summed E-state index contributed by atoms with van der Waals surface area (Å²) in [5.41, 5.74) is 2.22. The number of carboxylic acid groups (broad SMARTS) is 1. The Hall–Kier alpha value is -0.650. The Kier molecular flexibility index (Phi) is 5.61. The predicted octanol–water partition coefficient (Wildman–Crippen LogP) is 0.000800. The van der Waals surface area contributed by atoms with E-state index in [1.165, 1.54) is 0 Å². The van der Waals surface area contributed by atoms with E-state index in [1.54, 1.807) is 0 Å². The van der Waals surface area contributed by atoms with Gasteiger partial charge >= 0.3 is 5.97 Å². The van der Waals surface area contributed by atoms with Crippen molar-refractivity contribution in [2.45, 2.75) is 20.3 Å². The lowest BCUT2D eigenvalue weighted by molar-refractivity contribution is -0.137. The number of aliphatic hydroxyl groups is 1. The van der Waals surface area contributed by atoms with Crippen LogP contribution in [0.4, 0.5) is 0 Å². The number of aliphatic carboxylic acids is 1. The second kappa shape index (κ2) is 5.90. The van der Waals surface area contributed by atoms with Gasteiger partial charge in [0.05, 0.1) is 19.6 Å². The highest BCUT2D eigenvalue weighted by Crippen LogP contribution is 2.12. The van der Waals surface area contributed by atoms with Crippen molar-refractivity contribution < 1.29 is 19.8 Å². The zero-order valence-electron chi connectivity index (χ0n) is 8.04. The molecule has 78 valence electrons. The first-order valence-corrected chi connectivity index (χ1v) is 4.15. The van der Waals surface area contributed by atoms with Crippen molar-refractivity contribution in [3.05, 3.63) is 0 Å². The van der Waals surface area contributed by atoms with Crippen LogP contribution < -0.4 is 5.48 Å². The normalized spacial score (nSPS) is 11.6. The van der Waals surface area contributed by atoms with Crippen LogP contribution in [0.2, 0.25) is 0 Å². The van der Waals surface area contributed by atoms with Crippen LogP contribution in [0.15, 0.2) is 0 Å². The second-order valence-corrected chi connectivity index (χ2v) is 3.65. The molecule has 0 heterocycles. The minimum atomic E-state index is -0.863. The topological polar surface area (TPSA) is 78.8 Å². The van der Waals surface area contributed by atoms with Gasteiger partial charge in [-0.05, 0) is 0 Å². The quantitative estimate of drug-likeness (QED) is 0.390. The number of aliphatic hydroxyl groups excluding tert-OH is 1. The van der Waals surface area contributed by atoms with Gasteiger partial charge in [-0.1, -0.05) is 13.8 Å². The fourth-order valence-electron chi connectivity index (χ4n) is 0.522. The summed E-state index contributed by atoms with van der Waals surface area (Å²) in [5.74, 6) is -0.863. The van der Waals surface area contributed by atoms with E-state index >= 15 is 0 Å². The summed E-state index contributed by atoms with van der Waals surface area (Å²) in [7, 11) is 0. The molecule has 0 saturated carbocycles. The number of hydroxylamine groups is 1. The van der Waals surface area contributed by atoms with Gasteiger partial charge in [0, 0.05) is 12.0 Å². The number of carbonyl (C=O) groups is 1. The Bertz CT molecular complexity index is 158. The number of nitrogens with one attached hydrogen (secondary N) is 1. The first-order chi connectivity index (χ1) is 5.98. The van der Waals surface area contributed by atoms with E-state index in [0.29, 0.717) is 6.61 Å².